The van der Waals surface area contributed by atoms with Crippen molar-refractivity contribution >= 4 is 22.4 Å². The summed E-state index contributed by atoms with van der Waals surface area (Å²) in [6, 6.07) is -0.0242. The van der Waals surface area contributed by atoms with Crippen molar-refractivity contribution in [2.75, 3.05) is 26.5 Å². The quantitative estimate of drug-likeness (QED) is 0.745. The highest BCUT2D eigenvalue weighted by Crippen LogP contribution is 2.41. The van der Waals surface area contributed by atoms with Gasteiger partial charge < -0.3 is 9.26 Å². The molecular formula is C13H23ClN4O4S. The maximum absolute atomic E-state index is 11.5. The molecule has 1 aliphatic heterocycles. The molecule has 23 heavy (non-hydrogen) atoms. The summed E-state index contributed by atoms with van der Waals surface area (Å²) < 4.78 is 36.0. The zero-order chi connectivity index (χ0) is 15.7. The molecule has 0 amide bonds. The van der Waals surface area contributed by atoms with E-state index in [1.165, 1.54) is 19.1 Å². The number of methoxy groups -OCH3 is 1. The lowest BCUT2D eigenvalue weighted by atomic mass is 9.99. The van der Waals surface area contributed by atoms with Crippen molar-refractivity contribution in [1.82, 2.24) is 19.8 Å². The maximum Gasteiger partial charge on any atom is 0.240 e. The average Bonchev–Trinajstić information content (AvgIpc) is 3.05. The summed E-state index contributed by atoms with van der Waals surface area (Å²) >= 11 is 0. The van der Waals surface area contributed by atoms with E-state index in [0.29, 0.717) is 43.2 Å². The van der Waals surface area contributed by atoms with Gasteiger partial charge >= 0.3 is 0 Å². The number of nitrogens with zero attached hydrogens (tertiary/aromatic N) is 3. The van der Waals surface area contributed by atoms with Gasteiger partial charge in [0, 0.05) is 26.2 Å². The van der Waals surface area contributed by atoms with Crippen LogP contribution in [0.5, 0.6) is 0 Å². The molecule has 1 saturated carbocycles. The predicted octanol–water partition coefficient (Wildman–Crippen LogP) is 0.397. The van der Waals surface area contributed by atoms with Crippen molar-refractivity contribution in [3.63, 3.8) is 0 Å². The number of halogens is 1. The highest BCUT2D eigenvalue weighted by Gasteiger charge is 2.43. The summed E-state index contributed by atoms with van der Waals surface area (Å²) in [5, 5.41) is 3.84. The summed E-state index contributed by atoms with van der Waals surface area (Å²) in [6.07, 6.45) is 3.60. The first-order chi connectivity index (χ1) is 10.4. The number of hydrogen-bond donors (Lipinski definition) is 1. The standard InChI is InChI=1S/C13H22N4O4S.ClH/c1-20-8-12-14-13(21-15-12)7-17-5-10(9-3-4-9)11(6-17)16-22(2,18)19;/h9-11,16H,3-8H2,1-2H3;1H/t10-,11+;/m1./s1. The Labute approximate surface area is 142 Å². The summed E-state index contributed by atoms with van der Waals surface area (Å²) in [6.45, 7) is 2.41. The van der Waals surface area contributed by atoms with Crippen LogP contribution >= 0.6 is 12.4 Å². The number of rotatable bonds is 7. The fourth-order valence-electron chi connectivity index (χ4n) is 3.18. The highest BCUT2D eigenvalue weighted by molar-refractivity contribution is 7.88. The van der Waals surface area contributed by atoms with Crippen LogP contribution in [-0.2, 0) is 27.9 Å². The molecule has 1 aliphatic carbocycles. The van der Waals surface area contributed by atoms with Crippen molar-refractivity contribution in [3.8, 4) is 0 Å². The number of sulfonamides is 1. The van der Waals surface area contributed by atoms with Crippen LogP contribution in [-0.4, -0.2) is 56.0 Å². The van der Waals surface area contributed by atoms with E-state index in [-0.39, 0.29) is 18.4 Å². The van der Waals surface area contributed by atoms with Crippen LogP contribution in [0.4, 0.5) is 0 Å². The Balaban J connectivity index is 0.00000192. The van der Waals surface area contributed by atoms with E-state index in [9.17, 15) is 8.42 Å². The van der Waals surface area contributed by atoms with Crippen LogP contribution in [0.15, 0.2) is 4.52 Å². The molecule has 0 radical (unpaired) electrons. The summed E-state index contributed by atoms with van der Waals surface area (Å²) in [5.74, 6) is 2.08. The van der Waals surface area contributed by atoms with Gasteiger partial charge in [0.05, 0.1) is 12.8 Å². The van der Waals surface area contributed by atoms with Crippen LogP contribution in [0.3, 0.4) is 0 Å². The minimum absolute atomic E-state index is 0. The van der Waals surface area contributed by atoms with Crippen LogP contribution in [0.2, 0.25) is 0 Å². The zero-order valence-electron chi connectivity index (χ0n) is 13.3. The van der Waals surface area contributed by atoms with Crippen LogP contribution < -0.4 is 4.72 Å². The van der Waals surface area contributed by atoms with Gasteiger partial charge in [-0.2, -0.15) is 4.98 Å². The Morgan fingerprint density at radius 2 is 2.13 bits per heavy atom. The normalized spacial score (nSPS) is 25.5. The first kappa shape index (κ1) is 18.6. The Bertz CT molecular complexity index is 619. The Morgan fingerprint density at radius 1 is 1.39 bits per heavy atom. The van der Waals surface area contributed by atoms with Gasteiger partial charge in [-0.25, -0.2) is 13.1 Å². The fourth-order valence-corrected chi connectivity index (χ4v) is 3.98. The molecule has 10 heteroatoms. The summed E-state index contributed by atoms with van der Waals surface area (Å²) in [7, 11) is -1.61. The second-order valence-electron chi connectivity index (χ2n) is 6.23. The largest absolute Gasteiger partial charge is 0.377 e. The van der Waals surface area contributed by atoms with Crippen molar-refractivity contribution in [3.05, 3.63) is 11.7 Å². The molecule has 1 aromatic heterocycles. The molecule has 8 nitrogen and oxygen atoms in total. The topological polar surface area (TPSA) is 97.6 Å². The van der Waals surface area contributed by atoms with Gasteiger partial charge in [-0.05, 0) is 24.7 Å². The Kier molecular flexibility index (Phi) is 6.01. The highest BCUT2D eigenvalue weighted by atomic mass is 35.5. The third-order valence-electron chi connectivity index (χ3n) is 4.18. The average molecular weight is 367 g/mol. The van der Waals surface area contributed by atoms with E-state index in [1.54, 1.807) is 7.11 Å². The predicted molar refractivity (Wildman–Crippen MR) is 85.5 cm³/mol. The van der Waals surface area contributed by atoms with Gasteiger partial charge in [0.15, 0.2) is 5.82 Å². The maximum atomic E-state index is 11.5. The Hall–Kier alpha value is -0.740. The molecule has 132 valence electrons. The number of ether oxygens (including phenoxy) is 1. The molecule has 2 atom stereocenters. The second-order valence-corrected chi connectivity index (χ2v) is 8.01. The van der Waals surface area contributed by atoms with E-state index in [1.807, 2.05) is 0 Å². The summed E-state index contributed by atoms with van der Waals surface area (Å²) in [4.78, 5) is 6.44. The number of likely N-dealkylation sites (tertiary alicyclic amines) is 1. The van der Waals surface area contributed by atoms with Crippen molar-refractivity contribution in [2.24, 2.45) is 11.8 Å². The molecule has 3 rings (SSSR count). The van der Waals surface area contributed by atoms with E-state index in [4.69, 9.17) is 9.26 Å². The smallest absolute Gasteiger partial charge is 0.240 e. The lowest BCUT2D eigenvalue weighted by Gasteiger charge is -2.17. The fraction of sp³-hybridized carbons (Fsp3) is 0.846. The van der Waals surface area contributed by atoms with Crippen molar-refractivity contribution in [1.29, 1.82) is 0 Å². The van der Waals surface area contributed by atoms with E-state index in [0.717, 1.165) is 6.54 Å². The number of aromatic nitrogens is 2. The van der Waals surface area contributed by atoms with Crippen molar-refractivity contribution in [2.45, 2.75) is 32.0 Å². The molecule has 1 saturated heterocycles. The van der Waals surface area contributed by atoms with Crippen LogP contribution in [0.25, 0.3) is 0 Å². The summed E-state index contributed by atoms with van der Waals surface area (Å²) in [5.41, 5.74) is 0. The van der Waals surface area contributed by atoms with Gasteiger partial charge in [-0.1, -0.05) is 5.16 Å². The lowest BCUT2D eigenvalue weighted by Crippen LogP contribution is -2.40. The van der Waals surface area contributed by atoms with E-state index >= 15 is 0 Å². The molecule has 2 aliphatic rings. The minimum Gasteiger partial charge on any atom is -0.377 e. The first-order valence-corrected chi connectivity index (χ1v) is 9.34. The molecule has 0 bridgehead atoms. The molecule has 2 fully saturated rings. The third kappa shape index (κ3) is 5.12. The van der Waals surface area contributed by atoms with Gasteiger partial charge in [0.25, 0.3) is 0 Å². The molecule has 0 unspecified atom stereocenters. The molecule has 0 aromatic carbocycles. The van der Waals surface area contributed by atoms with E-state index in [2.05, 4.69) is 19.8 Å². The molecular weight excluding hydrogens is 344 g/mol. The number of hydrogen-bond acceptors (Lipinski definition) is 7. The van der Waals surface area contributed by atoms with Gasteiger partial charge in [-0.15, -0.1) is 12.4 Å². The van der Waals surface area contributed by atoms with Crippen molar-refractivity contribution < 1.29 is 17.7 Å². The van der Waals surface area contributed by atoms with Crippen LogP contribution in [0, 0.1) is 11.8 Å². The van der Waals surface area contributed by atoms with Crippen LogP contribution in [0.1, 0.15) is 24.6 Å². The lowest BCUT2D eigenvalue weighted by molar-refractivity contribution is 0.174. The van der Waals surface area contributed by atoms with Gasteiger partial charge in [0.2, 0.25) is 15.9 Å². The number of nitrogens with one attached hydrogen (secondary N) is 1. The second kappa shape index (κ2) is 7.43. The van der Waals surface area contributed by atoms with Gasteiger partial charge in [-0.3, -0.25) is 4.90 Å². The molecule has 0 spiro atoms. The third-order valence-corrected chi connectivity index (χ3v) is 4.91. The monoisotopic (exact) mass is 366 g/mol. The molecule has 1 aromatic rings. The molecule has 2 heterocycles. The minimum atomic E-state index is -3.19. The first-order valence-electron chi connectivity index (χ1n) is 7.44. The SMILES string of the molecule is COCc1noc(CN2C[C@H](NS(C)(=O)=O)[C@@H](C3CC3)C2)n1.Cl. The van der Waals surface area contributed by atoms with Gasteiger partial charge in [0.1, 0.15) is 6.61 Å². The molecule has 1 N–H and O–H groups in total. The zero-order valence-corrected chi connectivity index (χ0v) is 14.9. The van der Waals surface area contributed by atoms with E-state index < -0.39 is 10.0 Å². The Morgan fingerprint density at radius 3 is 2.74 bits per heavy atom.